The molecule has 0 atom stereocenters. The van der Waals surface area contributed by atoms with Gasteiger partial charge >= 0.3 is 293 Å². The summed E-state index contributed by atoms with van der Waals surface area (Å²) in [4.78, 5) is 0. The first-order valence-electron chi connectivity index (χ1n) is 17.4. The van der Waals surface area contributed by atoms with Crippen molar-refractivity contribution in [2.75, 3.05) is 0 Å². The molecule has 1 fully saturated rings. The molecule has 4 aromatic carbocycles. The van der Waals surface area contributed by atoms with Gasteiger partial charge in [0.05, 0.1) is 0 Å². The fraction of sp³-hybridized carbons (Fsp3) is 0.333. The number of hydrogen-bond donors (Lipinski definition) is 0. The molecule has 0 amide bonds. The molecule has 231 valence electrons. The van der Waals surface area contributed by atoms with Crippen LogP contribution in [-0.4, -0.2) is 0 Å². The number of allylic oxidation sites excluding steroid dienone is 4. The van der Waals surface area contributed by atoms with E-state index in [4.69, 9.17) is 0 Å². The Labute approximate surface area is 291 Å². The number of rotatable bonds is 4. The van der Waals surface area contributed by atoms with Gasteiger partial charge in [-0.2, -0.15) is 0 Å². The summed E-state index contributed by atoms with van der Waals surface area (Å²) in [5, 5.41) is 5.87. The van der Waals surface area contributed by atoms with Crippen molar-refractivity contribution in [3.8, 4) is 0 Å². The van der Waals surface area contributed by atoms with Gasteiger partial charge in [-0.15, -0.1) is 0 Å². The first-order chi connectivity index (χ1) is 22.1. The van der Waals surface area contributed by atoms with Gasteiger partial charge in [0.1, 0.15) is 0 Å². The molecule has 0 N–H and O–H groups in total. The van der Waals surface area contributed by atoms with Crippen LogP contribution in [0, 0.1) is 10.4 Å². The Morgan fingerprint density at radius 2 is 1.33 bits per heavy atom. The standard InChI is InChI=1S/C45H47.Zr/c1-44(2,3)35-26-27-36-34(28-35)29-37-39(32-24-16-17-25-32)43(45(4,5)6)40(33-22-14-9-15-23-33)42(41(36)37)38(30-18-10-7-11-19-30)31-20-12-8-13-21-31;/h7-8,10-13,16-21,24,26-28,33H,9,14-15,22-23,25H2,1-6H3;. The predicted molar refractivity (Wildman–Crippen MR) is 192 cm³/mol. The fourth-order valence-corrected chi connectivity index (χ4v) is 9.44. The van der Waals surface area contributed by atoms with Crippen LogP contribution < -0.4 is 10.4 Å². The second kappa shape index (κ2) is 12.2. The van der Waals surface area contributed by atoms with Crippen LogP contribution in [0.5, 0.6) is 0 Å². The van der Waals surface area contributed by atoms with E-state index >= 15 is 0 Å². The third-order valence-electron chi connectivity index (χ3n) is 10.4. The molecule has 4 aromatic rings. The van der Waals surface area contributed by atoms with Crippen molar-refractivity contribution in [2.24, 2.45) is 0 Å². The fourth-order valence-electron chi connectivity index (χ4n) is 8.32. The van der Waals surface area contributed by atoms with Crippen molar-refractivity contribution >= 4 is 14.4 Å². The van der Waals surface area contributed by atoms with Crippen molar-refractivity contribution in [1.82, 2.24) is 0 Å². The summed E-state index contributed by atoms with van der Waals surface area (Å²) < 4.78 is 1.52. The van der Waals surface area contributed by atoms with E-state index in [0.29, 0.717) is 5.92 Å². The Morgan fingerprint density at radius 1 is 0.696 bits per heavy atom. The van der Waals surface area contributed by atoms with E-state index in [9.17, 15) is 0 Å². The monoisotopic (exact) mass is 677 g/mol. The SMILES string of the molecule is CC(C)(C)c1ccc2c(c1)=[C]([Zr])c1c(C3=CC=CC3)c(C(C)(C)C)c(C3CCCCC3)c(=C(c3ccccc3)c3ccccc3)c1=2. The molecule has 7 rings (SSSR count). The normalized spacial score (nSPS) is 16.4. The summed E-state index contributed by atoms with van der Waals surface area (Å²) in [6.07, 6.45) is 14.6. The minimum absolute atomic E-state index is 0.0183. The predicted octanol–water partition coefficient (Wildman–Crippen LogP) is 10.2. The zero-order valence-electron chi connectivity index (χ0n) is 28.6. The van der Waals surface area contributed by atoms with Gasteiger partial charge in [-0.25, -0.2) is 0 Å². The summed E-state index contributed by atoms with van der Waals surface area (Å²) in [5.41, 5.74) is 13.3. The number of fused-ring (bicyclic) bond motifs is 2. The van der Waals surface area contributed by atoms with Gasteiger partial charge in [0, 0.05) is 0 Å². The van der Waals surface area contributed by atoms with Gasteiger partial charge < -0.3 is 0 Å². The minimum atomic E-state index is -0.0183. The molecule has 0 unspecified atom stereocenters. The first-order valence-corrected chi connectivity index (χ1v) is 18.6. The Bertz CT molecular complexity index is 2050. The van der Waals surface area contributed by atoms with Crippen LogP contribution in [0.4, 0.5) is 0 Å². The maximum atomic E-state index is 2.54. The molecule has 0 bridgehead atoms. The van der Waals surface area contributed by atoms with Crippen molar-refractivity contribution in [1.29, 1.82) is 0 Å². The van der Waals surface area contributed by atoms with Crippen molar-refractivity contribution in [3.05, 3.63) is 157 Å². The Kier molecular flexibility index (Phi) is 8.38. The van der Waals surface area contributed by atoms with Crippen LogP contribution in [0.1, 0.15) is 125 Å². The molecule has 0 saturated heterocycles. The van der Waals surface area contributed by atoms with Crippen molar-refractivity contribution in [2.45, 2.75) is 96.8 Å². The van der Waals surface area contributed by atoms with Crippen molar-refractivity contribution in [3.63, 3.8) is 0 Å². The Balaban J connectivity index is 1.85. The molecule has 0 heterocycles. The number of benzene rings is 4. The van der Waals surface area contributed by atoms with E-state index < -0.39 is 0 Å². The van der Waals surface area contributed by atoms with E-state index in [1.807, 2.05) is 0 Å². The maximum absolute atomic E-state index is 2.54. The molecule has 46 heavy (non-hydrogen) atoms. The molecular formula is C45H47Zr. The van der Waals surface area contributed by atoms with Gasteiger partial charge in [-0.05, 0) is 0 Å². The third-order valence-corrected chi connectivity index (χ3v) is 11.7. The summed E-state index contributed by atoms with van der Waals surface area (Å²) >= 11 is 1.49. The van der Waals surface area contributed by atoms with Crippen LogP contribution in [0.3, 0.4) is 0 Å². The van der Waals surface area contributed by atoms with Gasteiger partial charge in [0.2, 0.25) is 0 Å². The Hall–Kier alpha value is -3.02. The van der Waals surface area contributed by atoms with Crippen LogP contribution in [-0.2, 0) is 35.5 Å². The molecule has 0 nitrogen and oxygen atoms in total. The van der Waals surface area contributed by atoms with E-state index in [2.05, 4.69) is 139 Å². The van der Waals surface area contributed by atoms with Crippen LogP contribution in [0.25, 0.3) is 14.4 Å². The summed E-state index contributed by atoms with van der Waals surface area (Å²) in [6, 6.07) is 30.0. The molecule has 0 spiro atoms. The van der Waals surface area contributed by atoms with E-state index in [0.717, 1.165) is 6.42 Å². The van der Waals surface area contributed by atoms with Crippen LogP contribution >= 0.6 is 0 Å². The number of hydrogen-bond acceptors (Lipinski definition) is 0. The van der Waals surface area contributed by atoms with E-state index in [-0.39, 0.29) is 10.8 Å². The molecule has 1 heteroatoms. The first kappa shape index (κ1) is 31.6. The second-order valence-corrected chi connectivity index (χ2v) is 16.9. The topological polar surface area (TPSA) is 0 Å². The van der Waals surface area contributed by atoms with E-state index in [1.54, 1.807) is 11.1 Å². The van der Waals surface area contributed by atoms with E-state index in [1.165, 1.54) is 120 Å². The molecular weight excluding hydrogens is 632 g/mol. The van der Waals surface area contributed by atoms with Gasteiger partial charge in [-0.1, -0.05) is 0 Å². The van der Waals surface area contributed by atoms with Gasteiger partial charge in [-0.3, -0.25) is 0 Å². The van der Waals surface area contributed by atoms with Crippen LogP contribution in [0.15, 0.2) is 97.1 Å². The Morgan fingerprint density at radius 3 is 1.87 bits per heavy atom. The average molecular weight is 679 g/mol. The zero-order chi connectivity index (χ0) is 32.2. The molecule has 1 saturated carbocycles. The quantitative estimate of drug-likeness (QED) is 0.202. The molecule has 3 aliphatic rings. The molecule has 0 radical (unpaired) electrons. The second-order valence-electron chi connectivity index (χ2n) is 15.7. The van der Waals surface area contributed by atoms with Gasteiger partial charge in [0.15, 0.2) is 0 Å². The zero-order valence-corrected chi connectivity index (χ0v) is 31.0. The summed E-state index contributed by atoms with van der Waals surface area (Å²) in [7, 11) is 0. The van der Waals surface area contributed by atoms with Crippen molar-refractivity contribution < 1.29 is 24.7 Å². The van der Waals surface area contributed by atoms with Gasteiger partial charge in [0.25, 0.3) is 0 Å². The summed E-state index contributed by atoms with van der Waals surface area (Å²) in [5.74, 6) is 0.547. The summed E-state index contributed by atoms with van der Waals surface area (Å²) in [6.45, 7) is 14.5. The molecule has 0 aliphatic heterocycles. The average Bonchev–Trinajstić information content (AvgIpc) is 3.68. The molecule has 3 aliphatic carbocycles. The molecule has 0 aromatic heterocycles. The third kappa shape index (κ3) is 5.52. The van der Waals surface area contributed by atoms with Crippen LogP contribution in [0.2, 0.25) is 0 Å².